The van der Waals surface area contributed by atoms with Crippen molar-refractivity contribution in [2.75, 3.05) is 18.0 Å². The second-order valence-electron chi connectivity index (χ2n) is 7.25. The molecule has 0 bridgehead atoms. The van der Waals surface area contributed by atoms with Crippen LogP contribution in [0.1, 0.15) is 34.1 Å². The number of aliphatic hydroxyl groups excluding tert-OH is 1. The molecule has 0 spiro atoms. The van der Waals surface area contributed by atoms with E-state index >= 15 is 0 Å². The van der Waals surface area contributed by atoms with Crippen LogP contribution in [0.25, 0.3) is 11.0 Å². The fourth-order valence-electron chi connectivity index (χ4n) is 3.04. The molecule has 2 atom stereocenters. The number of aliphatic hydroxyl groups is 1. The van der Waals surface area contributed by atoms with Crippen LogP contribution in [0, 0.1) is 5.92 Å². The van der Waals surface area contributed by atoms with E-state index in [4.69, 9.17) is 0 Å². The Bertz CT molecular complexity index is 732. The molecular formula is C15H23N5O2. The maximum atomic E-state index is 12.3. The van der Waals surface area contributed by atoms with Gasteiger partial charge in [0.05, 0.1) is 17.8 Å². The number of hydrogen-bond donors (Lipinski definition) is 2. The van der Waals surface area contributed by atoms with Crippen molar-refractivity contribution in [1.82, 2.24) is 19.7 Å². The summed E-state index contributed by atoms with van der Waals surface area (Å²) in [5.41, 5.74) is 0.135. The van der Waals surface area contributed by atoms with Gasteiger partial charge in [-0.25, -0.2) is 4.68 Å². The molecule has 2 N–H and O–H groups in total. The Kier molecular flexibility index (Phi) is 3.47. The zero-order valence-electron chi connectivity index (χ0n) is 13.5. The van der Waals surface area contributed by atoms with Crippen molar-refractivity contribution in [3.8, 4) is 0 Å². The van der Waals surface area contributed by atoms with E-state index < -0.39 is 6.10 Å². The van der Waals surface area contributed by atoms with Gasteiger partial charge >= 0.3 is 0 Å². The molecule has 0 aliphatic carbocycles. The monoisotopic (exact) mass is 305 g/mol. The van der Waals surface area contributed by atoms with E-state index in [0.717, 1.165) is 13.0 Å². The number of β-amino-alcohol motifs (C(OH)–C–C–N with tert-alkyl or cyclic N) is 1. The molecule has 0 saturated carbocycles. The van der Waals surface area contributed by atoms with Crippen molar-refractivity contribution in [1.29, 1.82) is 0 Å². The Morgan fingerprint density at radius 2 is 2.09 bits per heavy atom. The minimum atomic E-state index is -0.391. The van der Waals surface area contributed by atoms with Gasteiger partial charge in [0.15, 0.2) is 5.65 Å². The van der Waals surface area contributed by atoms with Gasteiger partial charge in [0, 0.05) is 13.1 Å². The average molecular weight is 305 g/mol. The largest absolute Gasteiger partial charge is 0.391 e. The Balaban J connectivity index is 2.10. The number of anilines is 1. The normalized spacial score (nSPS) is 23.2. The molecule has 0 aromatic carbocycles. The lowest BCUT2D eigenvalue weighted by Gasteiger charge is -2.34. The number of aromatic nitrogens is 4. The summed E-state index contributed by atoms with van der Waals surface area (Å²) in [5.74, 6) is 0.867. The molecule has 1 fully saturated rings. The Morgan fingerprint density at radius 3 is 2.73 bits per heavy atom. The fourth-order valence-corrected chi connectivity index (χ4v) is 3.04. The van der Waals surface area contributed by atoms with Gasteiger partial charge in [0.2, 0.25) is 5.95 Å². The summed E-state index contributed by atoms with van der Waals surface area (Å²) in [4.78, 5) is 21.7. The number of hydrogen-bond acceptors (Lipinski definition) is 5. The third-order valence-corrected chi connectivity index (χ3v) is 4.00. The highest BCUT2D eigenvalue weighted by molar-refractivity contribution is 5.74. The van der Waals surface area contributed by atoms with E-state index in [2.05, 4.69) is 22.0 Å². The Labute approximate surface area is 129 Å². The highest BCUT2D eigenvalue weighted by Gasteiger charge is 2.26. The Morgan fingerprint density at radius 1 is 1.36 bits per heavy atom. The highest BCUT2D eigenvalue weighted by Crippen LogP contribution is 2.23. The van der Waals surface area contributed by atoms with Crippen LogP contribution in [0.15, 0.2) is 11.0 Å². The number of rotatable bonds is 1. The predicted octanol–water partition coefficient (Wildman–Crippen LogP) is 1.08. The third kappa shape index (κ3) is 2.61. The predicted molar refractivity (Wildman–Crippen MR) is 85.1 cm³/mol. The molecule has 3 heterocycles. The van der Waals surface area contributed by atoms with E-state index in [9.17, 15) is 9.90 Å². The van der Waals surface area contributed by atoms with E-state index in [-0.39, 0.29) is 11.1 Å². The van der Waals surface area contributed by atoms with Crippen LogP contribution in [0.3, 0.4) is 0 Å². The minimum absolute atomic E-state index is 0.191. The van der Waals surface area contributed by atoms with Gasteiger partial charge in [-0.2, -0.15) is 10.1 Å². The van der Waals surface area contributed by atoms with Crippen molar-refractivity contribution in [3.63, 3.8) is 0 Å². The molecular weight excluding hydrogens is 282 g/mol. The smallest absolute Gasteiger partial charge is 0.263 e. The summed E-state index contributed by atoms with van der Waals surface area (Å²) >= 11 is 0. The lowest BCUT2D eigenvalue weighted by molar-refractivity contribution is 0.132. The zero-order chi connectivity index (χ0) is 16.1. The summed E-state index contributed by atoms with van der Waals surface area (Å²) < 4.78 is 1.77. The van der Waals surface area contributed by atoms with Crippen molar-refractivity contribution in [3.05, 3.63) is 16.6 Å². The molecule has 3 rings (SSSR count). The second-order valence-corrected chi connectivity index (χ2v) is 7.25. The summed E-state index contributed by atoms with van der Waals surface area (Å²) in [5, 5.41) is 14.8. The quantitative estimate of drug-likeness (QED) is 0.823. The number of fused-ring (bicyclic) bond motifs is 1. The van der Waals surface area contributed by atoms with Gasteiger partial charge in [0.25, 0.3) is 5.56 Å². The molecule has 7 nitrogen and oxygen atoms in total. The van der Waals surface area contributed by atoms with Crippen LogP contribution in [0.4, 0.5) is 5.95 Å². The lowest BCUT2D eigenvalue weighted by atomic mass is 9.98. The molecule has 2 aromatic heterocycles. The molecule has 0 radical (unpaired) electrons. The van der Waals surface area contributed by atoms with E-state index in [0.29, 0.717) is 29.4 Å². The first-order valence-electron chi connectivity index (χ1n) is 7.67. The average Bonchev–Trinajstić information content (AvgIpc) is 2.81. The maximum Gasteiger partial charge on any atom is 0.263 e. The van der Waals surface area contributed by atoms with Gasteiger partial charge in [-0.05, 0) is 33.1 Å². The first-order chi connectivity index (χ1) is 10.3. The molecule has 0 unspecified atom stereocenters. The molecule has 22 heavy (non-hydrogen) atoms. The van der Waals surface area contributed by atoms with Gasteiger partial charge in [-0.15, -0.1) is 0 Å². The molecule has 1 aliphatic rings. The summed E-state index contributed by atoms with van der Waals surface area (Å²) in [6, 6.07) is 0. The minimum Gasteiger partial charge on any atom is -0.391 e. The number of nitrogens with one attached hydrogen (secondary N) is 1. The molecule has 2 aromatic rings. The standard InChI is InChI=1S/C15H23N5O2/c1-9-5-10(21)8-19(7-9)14-17-12-11(13(22)18-14)6-16-20(12)15(2,3)4/h6,9-10,21H,5,7-8H2,1-4H3,(H,17,18,22)/t9-,10+/m1/s1. The van der Waals surface area contributed by atoms with Crippen LogP contribution >= 0.6 is 0 Å². The zero-order valence-corrected chi connectivity index (χ0v) is 13.5. The van der Waals surface area contributed by atoms with Crippen molar-refractivity contribution >= 4 is 17.0 Å². The molecule has 120 valence electrons. The second kappa shape index (κ2) is 5.08. The SMILES string of the molecule is C[C@@H]1C[C@H](O)CN(c2nc3c(cnn3C(C)(C)C)c(=O)[nH]2)C1. The highest BCUT2D eigenvalue weighted by atomic mass is 16.3. The number of H-pyrrole nitrogens is 1. The summed E-state index contributed by atoms with van der Waals surface area (Å²) in [6.07, 6.45) is 1.95. The van der Waals surface area contributed by atoms with Gasteiger partial charge < -0.3 is 10.0 Å². The topological polar surface area (TPSA) is 87.0 Å². The first kappa shape index (κ1) is 15.0. The van der Waals surface area contributed by atoms with Crippen molar-refractivity contribution in [2.24, 2.45) is 5.92 Å². The summed E-state index contributed by atoms with van der Waals surface area (Å²) in [7, 11) is 0. The van der Waals surface area contributed by atoms with Crippen molar-refractivity contribution in [2.45, 2.75) is 45.8 Å². The van der Waals surface area contributed by atoms with E-state index in [1.54, 1.807) is 10.9 Å². The van der Waals surface area contributed by atoms with Crippen molar-refractivity contribution < 1.29 is 5.11 Å². The maximum absolute atomic E-state index is 12.3. The first-order valence-corrected chi connectivity index (χ1v) is 7.67. The molecule has 0 amide bonds. The number of piperidine rings is 1. The van der Waals surface area contributed by atoms with E-state index in [1.165, 1.54) is 0 Å². The lowest BCUT2D eigenvalue weighted by Crippen LogP contribution is -2.43. The van der Waals surface area contributed by atoms with Crippen LogP contribution in [-0.4, -0.2) is 44.0 Å². The van der Waals surface area contributed by atoms with E-state index in [1.807, 2.05) is 25.7 Å². The Hall–Kier alpha value is -1.89. The third-order valence-electron chi connectivity index (χ3n) is 4.00. The van der Waals surface area contributed by atoms with Crippen LogP contribution < -0.4 is 10.5 Å². The van der Waals surface area contributed by atoms with Crippen LogP contribution in [0.2, 0.25) is 0 Å². The van der Waals surface area contributed by atoms with Gasteiger partial charge in [0.1, 0.15) is 5.39 Å². The number of nitrogens with zero attached hydrogens (tertiary/aromatic N) is 4. The van der Waals surface area contributed by atoms with Gasteiger partial charge in [-0.1, -0.05) is 6.92 Å². The van der Waals surface area contributed by atoms with Gasteiger partial charge in [-0.3, -0.25) is 9.78 Å². The molecule has 7 heteroatoms. The van der Waals surface area contributed by atoms with Crippen LogP contribution in [0.5, 0.6) is 0 Å². The fraction of sp³-hybridized carbons (Fsp3) is 0.667. The number of aromatic amines is 1. The van der Waals surface area contributed by atoms with Crippen LogP contribution in [-0.2, 0) is 5.54 Å². The molecule has 1 aliphatic heterocycles. The molecule has 1 saturated heterocycles. The summed E-state index contributed by atoms with van der Waals surface area (Å²) in [6.45, 7) is 9.42.